The van der Waals surface area contributed by atoms with Gasteiger partial charge in [0.1, 0.15) is 0 Å². The molecule has 0 atom stereocenters. The van der Waals surface area contributed by atoms with E-state index in [1.165, 1.54) is 22.4 Å². The molecular formula is C18H20N4OS. The van der Waals surface area contributed by atoms with Gasteiger partial charge in [0.05, 0.1) is 22.6 Å². The zero-order valence-corrected chi connectivity index (χ0v) is 14.4. The van der Waals surface area contributed by atoms with Gasteiger partial charge in [0.25, 0.3) is 0 Å². The lowest BCUT2D eigenvalue weighted by atomic mass is 10.1. The Labute approximate surface area is 145 Å². The Morgan fingerprint density at radius 2 is 1.88 bits per heavy atom. The van der Waals surface area contributed by atoms with Crippen LogP contribution in [0.2, 0.25) is 0 Å². The Kier molecular flexibility index (Phi) is 4.08. The Balaban J connectivity index is 1.83. The molecule has 0 saturated carbocycles. The Hall–Kier alpha value is -2.18. The van der Waals surface area contributed by atoms with Crippen molar-refractivity contribution in [2.45, 2.75) is 9.92 Å². The van der Waals surface area contributed by atoms with Crippen LogP contribution >= 0.6 is 11.8 Å². The van der Waals surface area contributed by atoms with Gasteiger partial charge in [-0.05, 0) is 25.2 Å². The minimum atomic E-state index is 0.874. The number of aromatic nitrogens is 1. The van der Waals surface area contributed by atoms with Gasteiger partial charge in [0.2, 0.25) is 0 Å². The summed E-state index contributed by atoms with van der Waals surface area (Å²) in [4.78, 5) is 6.07. The first-order valence-corrected chi connectivity index (χ1v) is 8.89. The van der Waals surface area contributed by atoms with Crippen LogP contribution in [0.25, 0.3) is 11.9 Å². The fraction of sp³-hybridized carbons (Fsp3) is 0.278. The van der Waals surface area contributed by atoms with Crippen LogP contribution in [0.1, 0.15) is 11.3 Å². The number of benzene rings is 1. The van der Waals surface area contributed by atoms with Crippen molar-refractivity contribution >= 4 is 29.9 Å². The molecule has 1 fully saturated rings. The van der Waals surface area contributed by atoms with Crippen LogP contribution < -0.4 is 0 Å². The first-order chi connectivity index (χ1) is 11.8. The second-order valence-electron chi connectivity index (χ2n) is 6.11. The Bertz CT molecular complexity index is 803. The molecule has 1 aromatic heterocycles. The van der Waals surface area contributed by atoms with Crippen molar-refractivity contribution in [3.8, 4) is 0 Å². The predicted octanol–water partition coefficient (Wildman–Crippen LogP) is 2.96. The van der Waals surface area contributed by atoms with Crippen molar-refractivity contribution < 1.29 is 5.21 Å². The average Bonchev–Trinajstić information content (AvgIpc) is 2.88. The van der Waals surface area contributed by atoms with Gasteiger partial charge in [-0.1, -0.05) is 35.1 Å². The summed E-state index contributed by atoms with van der Waals surface area (Å²) in [6, 6.07) is 12.6. The summed E-state index contributed by atoms with van der Waals surface area (Å²) in [5.74, 6) is 0. The molecule has 0 unspecified atom stereocenters. The maximum Gasteiger partial charge on any atom is 0.0902 e. The second-order valence-corrected chi connectivity index (χ2v) is 7.18. The predicted molar refractivity (Wildman–Crippen MR) is 97.6 cm³/mol. The van der Waals surface area contributed by atoms with Crippen LogP contribution in [0.15, 0.2) is 51.5 Å². The molecule has 0 spiro atoms. The zero-order chi connectivity index (χ0) is 16.5. The molecule has 1 aromatic carbocycles. The summed E-state index contributed by atoms with van der Waals surface area (Å²) < 4.78 is 2.11. The van der Waals surface area contributed by atoms with E-state index in [4.69, 9.17) is 5.21 Å². The molecule has 2 aliphatic heterocycles. The standard InChI is InChI=1S/C18H20N4OS/c1-20-8-10-21(11-9-20)16-13-22-14(12-19-23)6-7-18(22)24-17-5-3-2-4-15(16)17/h2-7,12-13,23H,8-11H2,1H3/b19-12+. The quantitative estimate of drug-likeness (QED) is 0.519. The summed E-state index contributed by atoms with van der Waals surface area (Å²) in [7, 11) is 2.17. The van der Waals surface area contributed by atoms with Gasteiger partial charge < -0.3 is 19.6 Å². The van der Waals surface area contributed by atoms with Gasteiger partial charge in [0, 0.05) is 42.8 Å². The first-order valence-electron chi connectivity index (χ1n) is 8.07. The van der Waals surface area contributed by atoms with Gasteiger partial charge in [-0.2, -0.15) is 0 Å². The minimum Gasteiger partial charge on any atom is -0.411 e. The second kappa shape index (κ2) is 6.37. The molecule has 5 nitrogen and oxygen atoms in total. The van der Waals surface area contributed by atoms with E-state index in [-0.39, 0.29) is 0 Å². The smallest absolute Gasteiger partial charge is 0.0902 e. The van der Waals surface area contributed by atoms with Crippen molar-refractivity contribution in [1.29, 1.82) is 0 Å². The van der Waals surface area contributed by atoms with Crippen LogP contribution in [0, 0.1) is 0 Å². The molecule has 4 rings (SSSR count). The van der Waals surface area contributed by atoms with Crippen LogP contribution in [-0.4, -0.2) is 59.0 Å². The lowest BCUT2D eigenvalue weighted by Gasteiger charge is -2.35. The number of fused-ring (bicyclic) bond motifs is 2. The van der Waals surface area contributed by atoms with E-state index in [0.717, 1.165) is 36.9 Å². The zero-order valence-electron chi connectivity index (χ0n) is 13.6. The average molecular weight is 340 g/mol. The van der Waals surface area contributed by atoms with E-state index >= 15 is 0 Å². The maximum atomic E-state index is 8.94. The number of likely N-dealkylation sites (N-methyl/N-ethyl adjacent to an activating group) is 1. The summed E-state index contributed by atoms with van der Waals surface area (Å²) in [6.45, 7) is 4.16. The highest BCUT2D eigenvalue weighted by molar-refractivity contribution is 7.99. The molecule has 6 heteroatoms. The molecule has 0 aliphatic carbocycles. The molecule has 0 radical (unpaired) electrons. The van der Waals surface area contributed by atoms with E-state index in [0.29, 0.717) is 0 Å². The first kappa shape index (κ1) is 15.4. The van der Waals surface area contributed by atoms with Gasteiger partial charge in [-0.25, -0.2) is 0 Å². The molecule has 0 amide bonds. The topological polar surface area (TPSA) is 44.0 Å². The van der Waals surface area contributed by atoms with Gasteiger partial charge >= 0.3 is 0 Å². The number of piperazine rings is 1. The third-order valence-corrected chi connectivity index (χ3v) is 5.69. The highest BCUT2D eigenvalue weighted by Gasteiger charge is 2.23. The van der Waals surface area contributed by atoms with Gasteiger partial charge in [0.15, 0.2) is 0 Å². The van der Waals surface area contributed by atoms with Crippen LogP contribution in [0.3, 0.4) is 0 Å². The number of rotatable bonds is 2. The molecule has 2 aliphatic rings. The summed E-state index contributed by atoms with van der Waals surface area (Å²) in [5.41, 5.74) is 3.37. The molecule has 0 bridgehead atoms. The van der Waals surface area contributed by atoms with Crippen molar-refractivity contribution in [3.05, 3.63) is 47.7 Å². The third kappa shape index (κ3) is 2.72. The van der Waals surface area contributed by atoms with E-state index in [1.54, 1.807) is 11.8 Å². The SMILES string of the molecule is CN1CCN(C2=Cn3c(/C=N/O)ccc3Sc3ccccc32)CC1. The molecular weight excluding hydrogens is 320 g/mol. The number of oxime groups is 1. The Morgan fingerprint density at radius 3 is 2.67 bits per heavy atom. The van der Waals surface area contributed by atoms with Gasteiger partial charge in [-0.3, -0.25) is 0 Å². The fourth-order valence-corrected chi connectivity index (χ4v) is 4.25. The molecule has 2 aromatic rings. The van der Waals surface area contributed by atoms with Crippen LogP contribution in [0.4, 0.5) is 0 Å². The monoisotopic (exact) mass is 340 g/mol. The van der Waals surface area contributed by atoms with Crippen molar-refractivity contribution in [2.75, 3.05) is 33.2 Å². The van der Waals surface area contributed by atoms with Crippen molar-refractivity contribution in [1.82, 2.24) is 14.4 Å². The van der Waals surface area contributed by atoms with E-state index < -0.39 is 0 Å². The summed E-state index contributed by atoms with van der Waals surface area (Å²) in [5, 5.41) is 13.3. The Morgan fingerprint density at radius 1 is 1.08 bits per heavy atom. The lowest BCUT2D eigenvalue weighted by Crippen LogP contribution is -2.43. The van der Waals surface area contributed by atoms with Crippen LogP contribution in [0.5, 0.6) is 0 Å². The van der Waals surface area contributed by atoms with E-state index in [1.807, 2.05) is 6.07 Å². The molecule has 1 N–H and O–H groups in total. The fourth-order valence-electron chi connectivity index (χ4n) is 3.20. The summed E-state index contributed by atoms with van der Waals surface area (Å²) in [6.07, 6.45) is 3.66. The number of hydrogen-bond acceptors (Lipinski definition) is 5. The lowest BCUT2D eigenvalue weighted by molar-refractivity contribution is 0.207. The van der Waals surface area contributed by atoms with E-state index in [9.17, 15) is 0 Å². The highest BCUT2D eigenvalue weighted by Crippen LogP contribution is 2.39. The highest BCUT2D eigenvalue weighted by atomic mass is 32.2. The van der Waals surface area contributed by atoms with Crippen molar-refractivity contribution in [3.63, 3.8) is 0 Å². The number of hydrogen-bond donors (Lipinski definition) is 1. The van der Waals surface area contributed by atoms with Crippen molar-refractivity contribution in [2.24, 2.45) is 5.16 Å². The molecule has 24 heavy (non-hydrogen) atoms. The molecule has 124 valence electrons. The molecule has 3 heterocycles. The largest absolute Gasteiger partial charge is 0.411 e. The van der Waals surface area contributed by atoms with E-state index in [2.05, 4.69) is 63.1 Å². The normalized spacial score (nSPS) is 18.2. The van der Waals surface area contributed by atoms with Crippen LogP contribution in [-0.2, 0) is 0 Å². The van der Waals surface area contributed by atoms with Gasteiger partial charge in [-0.15, -0.1) is 0 Å². The maximum absolute atomic E-state index is 8.94. The number of nitrogens with zero attached hydrogens (tertiary/aromatic N) is 4. The minimum absolute atomic E-state index is 0.874. The molecule has 1 saturated heterocycles. The third-order valence-electron chi connectivity index (χ3n) is 4.58. The summed E-state index contributed by atoms with van der Waals surface area (Å²) >= 11 is 1.75.